The number of pyridine rings is 2. The first-order valence-electron chi connectivity index (χ1n) is 12.8. The van der Waals surface area contributed by atoms with E-state index in [2.05, 4.69) is 60.1 Å². The second-order valence-corrected chi connectivity index (χ2v) is 10.1. The number of methoxy groups -OCH3 is 1. The van der Waals surface area contributed by atoms with Gasteiger partial charge in [-0.1, -0.05) is 31.5 Å². The lowest BCUT2D eigenvalue weighted by molar-refractivity contribution is -0.0492. The summed E-state index contributed by atoms with van der Waals surface area (Å²) in [6.45, 7) is 6.76. The fraction of sp³-hybridized carbons (Fsp3) is 0.400. The van der Waals surface area contributed by atoms with Crippen LogP contribution in [-0.4, -0.2) is 41.1 Å². The molecule has 0 spiro atoms. The lowest BCUT2D eigenvalue weighted by Crippen LogP contribution is -2.56. The summed E-state index contributed by atoms with van der Waals surface area (Å²) in [6, 6.07) is 18.9. The highest BCUT2D eigenvalue weighted by Gasteiger charge is 2.44. The van der Waals surface area contributed by atoms with Crippen LogP contribution in [0, 0.1) is 18.8 Å². The minimum absolute atomic E-state index is 0.138. The first-order chi connectivity index (χ1) is 17.1. The van der Waals surface area contributed by atoms with Gasteiger partial charge >= 0.3 is 0 Å². The summed E-state index contributed by atoms with van der Waals surface area (Å²) in [5.41, 5.74) is 4.27. The van der Waals surface area contributed by atoms with Gasteiger partial charge in [0.15, 0.2) is 0 Å². The molecule has 5 heterocycles. The summed E-state index contributed by atoms with van der Waals surface area (Å²) in [5.74, 6) is 3.07. The van der Waals surface area contributed by atoms with Gasteiger partial charge in [0.1, 0.15) is 11.9 Å². The third-order valence-corrected chi connectivity index (χ3v) is 8.25. The Kier molecular flexibility index (Phi) is 5.81. The fourth-order valence-electron chi connectivity index (χ4n) is 6.34. The summed E-state index contributed by atoms with van der Waals surface area (Å²) in [5, 5.41) is 2.26. The average Bonchev–Trinajstić information content (AvgIpc) is 2.91. The van der Waals surface area contributed by atoms with Gasteiger partial charge in [-0.3, -0.25) is 9.88 Å². The molecule has 180 valence electrons. The van der Waals surface area contributed by atoms with Gasteiger partial charge in [0, 0.05) is 35.1 Å². The first-order valence-corrected chi connectivity index (χ1v) is 12.8. The second-order valence-electron chi connectivity index (χ2n) is 10.1. The monoisotopic (exact) mass is 467 g/mol. The topological polar surface area (TPSA) is 47.5 Å². The summed E-state index contributed by atoms with van der Waals surface area (Å²) in [7, 11) is 1.71. The van der Waals surface area contributed by atoms with Gasteiger partial charge in [0.05, 0.1) is 24.2 Å². The summed E-state index contributed by atoms with van der Waals surface area (Å²) in [6.07, 6.45) is 5.47. The van der Waals surface area contributed by atoms with E-state index < -0.39 is 0 Å². The lowest BCUT2D eigenvalue weighted by Gasteiger charge is -2.51. The minimum Gasteiger partial charge on any atom is -0.497 e. The Morgan fingerprint density at radius 3 is 2.74 bits per heavy atom. The maximum atomic E-state index is 6.91. The molecule has 0 radical (unpaired) electrons. The second kappa shape index (κ2) is 9.12. The molecule has 5 nitrogen and oxygen atoms in total. The smallest absolute Gasteiger partial charge is 0.214 e. The Morgan fingerprint density at radius 1 is 1.06 bits per heavy atom. The van der Waals surface area contributed by atoms with Crippen molar-refractivity contribution in [3.05, 3.63) is 71.9 Å². The zero-order valence-corrected chi connectivity index (χ0v) is 20.8. The molecule has 35 heavy (non-hydrogen) atoms. The lowest BCUT2D eigenvalue weighted by atomic mass is 9.72. The molecule has 4 aromatic rings. The van der Waals surface area contributed by atoms with Gasteiger partial charge < -0.3 is 9.47 Å². The molecule has 3 fully saturated rings. The van der Waals surface area contributed by atoms with Crippen molar-refractivity contribution in [1.82, 2.24) is 14.9 Å². The highest BCUT2D eigenvalue weighted by molar-refractivity contribution is 5.84. The van der Waals surface area contributed by atoms with E-state index in [0.717, 1.165) is 59.1 Å². The van der Waals surface area contributed by atoms with Gasteiger partial charge in [0.25, 0.3) is 0 Å². The molecule has 3 aliphatic rings. The molecule has 3 saturated heterocycles. The van der Waals surface area contributed by atoms with Crippen LogP contribution in [0.4, 0.5) is 0 Å². The quantitative estimate of drug-likeness (QED) is 0.331. The van der Waals surface area contributed by atoms with Crippen LogP contribution in [0.1, 0.15) is 43.4 Å². The van der Waals surface area contributed by atoms with Gasteiger partial charge in [0.2, 0.25) is 5.88 Å². The van der Waals surface area contributed by atoms with Crippen LogP contribution in [0.3, 0.4) is 0 Å². The first kappa shape index (κ1) is 22.3. The molecule has 1 unspecified atom stereocenters. The van der Waals surface area contributed by atoms with Crippen LogP contribution in [0.15, 0.2) is 60.8 Å². The molecule has 3 aliphatic heterocycles. The van der Waals surface area contributed by atoms with Crippen LogP contribution in [-0.2, 0) is 0 Å². The molecule has 0 amide bonds. The van der Waals surface area contributed by atoms with Crippen LogP contribution in [0.2, 0.25) is 0 Å². The van der Waals surface area contributed by atoms with Crippen molar-refractivity contribution in [1.29, 1.82) is 0 Å². The molecule has 7 rings (SSSR count). The Balaban J connectivity index is 1.46. The van der Waals surface area contributed by atoms with Crippen molar-refractivity contribution in [2.24, 2.45) is 11.8 Å². The number of para-hydroxylation sites is 1. The average molecular weight is 468 g/mol. The number of aromatic nitrogens is 2. The minimum atomic E-state index is -0.138. The zero-order valence-electron chi connectivity index (χ0n) is 20.8. The van der Waals surface area contributed by atoms with E-state index in [1.807, 2.05) is 24.4 Å². The standard InChI is InChI=1S/C30H33N3O2/c1-4-20-18-33-14-12-21(20)16-28(33)30(24-11-13-31-26-10-9-22(34-3)17-25(24)26)35-29-15-19(2)23-7-5-6-8-27(23)32-29/h5-11,13,15,17,20-21,28,30H,4,12,14,16,18H2,1-3H3/t20-,21-,28+,30-/m1/s1. The summed E-state index contributed by atoms with van der Waals surface area (Å²) in [4.78, 5) is 12.2. The molecule has 0 aliphatic carbocycles. The molecule has 0 N–H and O–H groups in total. The Morgan fingerprint density at radius 2 is 1.94 bits per heavy atom. The van der Waals surface area contributed by atoms with Crippen molar-refractivity contribution < 1.29 is 9.47 Å². The predicted molar refractivity (Wildman–Crippen MR) is 140 cm³/mol. The number of piperidine rings is 3. The molecular weight excluding hydrogens is 434 g/mol. The molecule has 2 bridgehead atoms. The van der Waals surface area contributed by atoms with Crippen LogP contribution in [0.25, 0.3) is 21.8 Å². The van der Waals surface area contributed by atoms with Crippen LogP contribution in [0.5, 0.6) is 11.6 Å². The van der Waals surface area contributed by atoms with Crippen molar-refractivity contribution in [3.63, 3.8) is 0 Å². The molecule has 2 aromatic heterocycles. The van der Waals surface area contributed by atoms with Crippen molar-refractivity contribution in [3.8, 4) is 11.6 Å². The Hall–Kier alpha value is -3.18. The maximum absolute atomic E-state index is 6.91. The third kappa shape index (κ3) is 4.02. The van der Waals surface area contributed by atoms with Crippen LogP contribution >= 0.6 is 0 Å². The molecule has 5 atom stereocenters. The number of fused-ring (bicyclic) bond motifs is 5. The van der Waals surface area contributed by atoms with E-state index in [-0.39, 0.29) is 6.10 Å². The highest BCUT2D eigenvalue weighted by atomic mass is 16.5. The number of nitrogens with zero attached hydrogens (tertiary/aromatic N) is 3. The van der Waals surface area contributed by atoms with Gasteiger partial charge in [-0.15, -0.1) is 0 Å². The normalized spacial score (nSPS) is 24.5. The van der Waals surface area contributed by atoms with E-state index in [1.54, 1.807) is 7.11 Å². The van der Waals surface area contributed by atoms with Crippen molar-refractivity contribution >= 4 is 21.8 Å². The van der Waals surface area contributed by atoms with Gasteiger partial charge in [-0.05, 0) is 74.0 Å². The van der Waals surface area contributed by atoms with E-state index in [1.165, 1.54) is 23.8 Å². The number of rotatable bonds is 6. The van der Waals surface area contributed by atoms with E-state index in [4.69, 9.17) is 14.5 Å². The fourth-order valence-corrected chi connectivity index (χ4v) is 6.34. The molecule has 0 saturated carbocycles. The summed E-state index contributed by atoms with van der Waals surface area (Å²) < 4.78 is 12.5. The maximum Gasteiger partial charge on any atom is 0.214 e. The Bertz CT molecular complexity index is 1370. The molecule has 5 heteroatoms. The SMILES string of the molecule is CC[C@@H]1CN2CC[C@@H]1C[C@H]2[C@H](Oc1cc(C)c2ccccc2n1)c1ccnc2ccc(OC)cc12. The number of hydrogen-bond donors (Lipinski definition) is 0. The predicted octanol–water partition coefficient (Wildman–Crippen LogP) is 6.34. The van der Waals surface area contributed by atoms with Crippen molar-refractivity contribution in [2.75, 3.05) is 20.2 Å². The zero-order chi connectivity index (χ0) is 23.9. The number of hydrogen-bond acceptors (Lipinski definition) is 5. The molecular formula is C30H33N3O2. The number of ether oxygens (including phenoxy) is 2. The summed E-state index contributed by atoms with van der Waals surface area (Å²) >= 11 is 0. The van der Waals surface area contributed by atoms with E-state index >= 15 is 0 Å². The van der Waals surface area contributed by atoms with Gasteiger partial charge in [-0.2, -0.15) is 0 Å². The largest absolute Gasteiger partial charge is 0.497 e. The number of benzene rings is 2. The Labute approximate surface area is 207 Å². The third-order valence-electron chi connectivity index (χ3n) is 8.25. The molecule has 2 aromatic carbocycles. The van der Waals surface area contributed by atoms with E-state index in [0.29, 0.717) is 11.9 Å². The van der Waals surface area contributed by atoms with Crippen LogP contribution < -0.4 is 9.47 Å². The highest BCUT2D eigenvalue weighted by Crippen LogP contribution is 2.44. The number of aryl methyl sites for hydroxylation is 1. The van der Waals surface area contributed by atoms with Crippen molar-refractivity contribution in [2.45, 2.75) is 45.3 Å². The van der Waals surface area contributed by atoms with E-state index in [9.17, 15) is 0 Å². The van der Waals surface area contributed by atoms with Gasteiger partial charge in [-0.25, -0.2) is 4.98 Å².